The average Bonchev–Trinajstić information content (AvgIpc) is 2.53. The molecule has 0 aromatic heterocycles. The van der Waals surface area contributed by atoms with Crippen molar-refractivity contribution in [2.75, 3.05) is 7.11 Å². The quantitative estimate of drug-likeness (QED) is 0.605. The van der Waals surface area contributed by atoms with Crippen molar-refractivity contribution >= 4 is 17.8 Å². The van der Waals surface area contributed by atoms with Crippen LogP contribution in [0.3, 0.4) is 0 Å². The molecule has 124 valence electrons. The average molecular weight is 315 g/mol. The lowest BCUT2D eigenvalue weighted by Gasteiger charge is -2.18. The molecule has 23 heavy (non-hydrogen) atoms. The number of oxime groups is 1. The molecule has 2 rings (SSSR count). The van der Waals surface area contributed by atoms with E-state index in [0.717, 1.165) is 48.3 Å². The van der Waals surface area contributed by atoms with Gasteiger partial charge in [0.25, 0.3) is 0 Å². The Labute approximate surface area is 138 Å². The molecule has 4 heteroatoms. The van der Waals surface area contributed by atoms with Gasteiger partial charge in [0.05, 0.1) is 18.2 Å². The van der Waals surface area contributed by atoms with E-state index < -0.39 is 5.41 Å². The molecule has 0 spiro atoms. The Morgan fingerprint density at radius 1 is 1.13 bits per heavy atom. The third-order valence-corrected chi connectivity index (χ3v) is 3.79. The van der Waals surface area contributed by atoms with Crippen molar-refractivity contribution in [3.63, 3.8) is 0 Å². The zero-order valence-corrected chi connectivity index (χ0v) is 14.4. The molecule has 1 aromatic carbocycles. The zero-order chi connectivity index (χ0) is 16.9. The number of rotatable bonds is 3. The number of hydrogen-bond acceptors (Lipinski definition) is 4. The zero-order valence-electron chi connectivity index (χ0n) is 14.4. The summed E-state index contributed by atoms with van der Waals surface area (Å²) in [5.74, 6) is 0.531. The van der Waals surface area contributed by atoms with Crippen LogP contribution >= 0.6 is 0 Å². The van der Waals surface area contributed by atoms with Crippen molar-refractivity contribution in [3.8, 4) is 5.75 Å². The van der Waals surface area contributed by atoms with E-state index in [1.165, 1.54) is 0 Å². The van der Waals surface area contributed by atoms with Gasteiger partial charge < -0.3 is 9.57 Å². The summed E-state index contributed by atoms with van der Waals surface area (Å²) >= 11 is 0. The van der Waals surface area contributed by atoms with Gasteiger partial charge in [0.1, 0.15) is 5.75 Å². The molecular weight excluding hydrogens is 290 g/mol. The van der Waals surface area contributed by atoms with E-state index in [1.807, 2.05) is 45.0 Å². The second-order valence-electron chi connectivity index (χ2n) is 6.82. The molecule has 0 saturated heterocycles. The van der Waals surface area contributed by atoms with E-state index in [4.69, 9.17) is 9.57 Å². The van der Waals surface area contributed by atoms with Crippen LogP contribution < -0.4 is 4.74 Å². The summed E-state index contributed by atoms with van der Waals surface area (Å²) in [6.07, 6.45) is 6.12. The molecule has 1 aliphatic rings. The van der Waals surface area contributed by atoms with Crippen molar-refractivity contribution in [2.45, 2.75) is 46.5 Å². The summed E-state index contributed by atoms with van der Waals surface area (Å²) in [5.41, 5.74) is 2.57. The van der Waals surface area contributed by atoms with Crippen molar-refractivity contribution in [3.05, 3.63) is 35.4 Å². The van der Waals surface area contributed by atoms with Gasteiger partial charge in [-0.25, -0.2) is 4.79 Å². The molecule has 0 aliphatic heterocycles. The molecule has 0 bridgehead atoms. The van der Waals surface area contributed by atoms with E-state index in [2.05, 4.69) is 11.2 Å². The highest BCUT2D eigenvalue weighted by molar-refractivity contribution is 6.04. The fourth-order valence-corrected chi connectivity index (χ4v) is 2.31. The van der Waals surface area contributed by atoms with Crippen molar-refractivity contribution in [1.82, 2.24) is 0 Å². The maximum Gasteiger partial charge on any atom is 0.340 e. The predicted octanol–water partition coefficient (Wildman–Crippen LogP) is 4.60. The van der Waals surface area contributed by atoms with Gasteiger partial charge in [-0.05, 0) is 75.8 Å². The van der Waals surface area contributed by atoms with E-state index >= 15 is 0 Å². The summed E-state index contributed by atoms with van der Waals surface area (Å²) < 4.78 is 5.18. The summed E-state index contributed by atoms with van der Waals surface area (Å²) in [4.78, 5) is 17.0. The minimum Gasteiger partial charge on any atom is -0.497 e. The van der Waals surface area contributed by atoms with Crippen LogP contribution in [0.4, 0.5) is 0 Å². The van der Waals surface area contributed by atoms with E-state index in [9.17, 15) is 4.79 Å². The van der Waals surface area contributed by atoms with E-state index in [1.54, 1.807) is 7.11 Å². The second kappa shape index (κ2) is 7.44. The number of carbonyl (C=O) groups is 1. The lowest BCUT2D eigenvalue weighted by Crippen LogP contribution is -2.22. The lowest BCUT2D eigenvalue weighted by molar-refractivity contribution is -0.152. The van der Waals surface area contributed by atoms with Gasteiger partial charge in [0, 0.05) is 0 Å². The second-order valence-corrected chi connectivity index (χ2v) is 6.82. The van der Waals surface area contributed by atoms with Crippen LogP contribution in [0.15, 0.2) is 35.0 Å². The Hall–Kier alpha value is -2.10. The number of hydrogen-bond donors (Lipinski definition) is 0. The van der Waals surface area contributed by atoms with E-state index in [-0.39, 0.29) is 5.97 Å². The van der Waals surface area contributed by atoms with Gasteiger partial charge in [0.15, 0.2) is 0 Å². The minimum absolute atomic E-state index is 0.306. The highest BCUT2D eigenvalue weighted by atomic mass is 16.7. The van der Waals surface area contributed by atoms with Gasteiger partial charge in [-0.3, -0.25) is 0 Å². The molecule has 1 fully saturated rings. The van der Waals surface area contributed by atoms with Gasteiger partial charge in [-0.2, -0.15) is 0 Å². The van der Waals surface area contributed by atoms with Crippen molar-refractivity contribution in [2.24, 2.45) is 10.6 Å². The Bertz CT molecular complexity index is 606. The standard InChI is InChI=1S/C19H25NO3/c1-19(2,3)18(21)23-20-17-8-6-5-7-15(17)13-14-9-11-16(22-4)12-10-14/h9-13H,5-8H2,1-4H3/b15-13+,20-17-. The molecular formula is C19H25NO3. The maximum atomic E-state index is 11.9. The molecule has 1 aliphatic carbocycles. The molecule has 0 amide bonds. The molecule has 1 saturated carbocycles. The number of ether oxygens (including phenoxy) is 1. The maximum absolute atomic E-state index is 11.9. The summed E-state index contributed by atoms with van der Waals surface area (Å²) in [6, 6.07) is 7.90. The topological polar surface area (TPSA) is 47.9 Å². The minimum atomic E-state index is -0.543. The first-order chi connectivity index (χ1) is 10.9. The highest BCUT2D eigenvalue weighted by Crippen LogP contribution is 2.25. The van der Waals surface area contributed by atoms with Gasteiger partial charge in [0.2, 0.25) is 0 Å². The molecule has 0 heterocycles. The largest absolute Gasteiger partial charge is 0.497 e. The first-order valence-electron chi connectivity index (χ1n) is 8.03. The predicted molar refractivity (Wildman–Crippen MR) is 92.4 cm³/mol. The SMILES string of the molecule is COc1ccc(/C=C2\CCCC\C2=N\OC(=O)C(C)(C)C)cc1. The highest BCUT2D eigenvalue weighted by Gasteiger charge is 2.24. The fourth-order valence-electron chi connectivity index (χ4n) is 2.31. The monoisotopic (exact) mass is 315 g/mol. The third kappa shape index (κ3) is 4.95. The normalized spacial score (nSPS) is 19.0. The van der Waals surface area contributed by atoms with Crippen LogP contribution in [-0.4, -0.2) is 18.8 Å². The fraction of sp³-hybridized carbons (Fsp3) is 0.474. The Morgan fingerprint density at radius 3 is 2.39 bits per heavy atom. The first kappa shape index (κ1) is 17.3. The number of nitrogens with zero attached hydrogens (tertiary/aromatic N) is 1. The molecule has 4 nitrogen and oxygen atoms in total. The Balaban J connectivity index is 2.16. The van der Waals surface area contributed by atoms with Crippen LogP contribution in [-0.2, 0) is 9.63 Å². The van der Waals surface area contributed by atoms with Gasteiger partial charge in [-0.15, -0.1) is 0 Å². The molecule has 0 unspecified atom stereocenters. The summed E-state index contributed by atoms with van der Waals surface area (Å²) in [5, 5.41) is 4.14. The van der Waals surface area contributed by atoms with E-state index in [0.29, 0.717) is 0 Å². The van der Waals surface area contributed by atoms with Crippen molar-refractivity contribution in [1.29, 1.82) is 0 Å². The number of methoxy groups -OCH3 is 1. The van der Waals surface area contributed by atoms with Crippen LogP contribution in [0.25, 0.3) is 6.08 Å². The molecule has 1 aromatic rings. The van der Waals surface area contributed by atoms with Crippen LogP contribution in [0, 0.1) is 5.41 Å². The smallest absolute Gasteiger partial charge is 0.340 e. The number of benzene rings is 1. The van der Waals surface area contributed by atoms with Crippen LogP contribution in [0.1, 0.15) is 52.0 Å². The van der Waals surface area contributed by atoms with Gasteiger partial charge >= 0.3 is 5.97 Å². The first-order valence-corrected chi connectivity index (χ1v) is 8.03. The summed E-state index contributed by atoms with van der Waals surface area (Å²) in [6.45, 7) is 5.47. The van der Waals surface area contributed by atoms with Crippen molar-refractivity contribution < 1.29 is 14.4 Å². The Kier molecular flexibility index (Phi) is 5.59. The Morgan fingerprint density at radius 2 is 1.78 bits per heavy atom. The van der Waals surface area contributed by atoms with Gasteiger partial charge in [-0.1, -0.05) is 17.3 Å². The molecule has 0 N–H and O–H groups in total. The lowest BCUT2D eigenvalue weighted by atomic mass is 9.91. The van der Waals surface area contributed by atoms with Crippen LogP contribution in [0.2, 0.25) is 0 Å². The molecule has 0 radical (unpaired) electrons. The molecule has 0 atom stereocenters. The number of allylic oxidation sites excluding steroid dienone is 1. The summed E-state index contributed by atoms with van der Waals surface area (Å²) in [7, 11) is 1.66. The number of carbonyl (C=O) groups excluding carboxylic acids is 1. The third-order valence-electron chi connectivity index (χ3n) is 3.79. The van der Waals surface area contributed by atoms with Crippen LogP contribution in [0.5, 0.6) is 5.75 Å².